The molecule has 20 heavy (non-hydrogen) atoms. The lowest BCUT2D eigenvalue weighted by atomic mass is 9.74. The first-order valence-electron chi connectivity index (χ1n) is 6.80. The molecule has 3 nitrogen and oxygen atoms in total. The van der Waals surface area contributed by atoms with Crippen molar-refractivity contribution in [2.75, 3.05) is 0 Å². The molecule has 3 atom stereocenters. The summed E-state index contributed by atoms with van der Waals surface area (Å²) < 4.78 is 64.3. The van der Waals surface area contributed by atoms with Crippen LogP contribution < -0.4 is 0 Å². The van der Waals surface area contributed by atoms with Crippen molar-refractivity contribution in [3.8, 4) is 0 Å². The van der Waals surface area contributed by atoms with Gasteiger partial charge in [-0.15, -0.1) is 0 Å². The summed E-state index contributed by atoms with van der Waals surface area (Å²) in [4.78, 5) is 19.1. The number of halogens is 4. The summed E-state index contributed by atoms with van der Waals surface area (Å²) in [5.41, 5.74) is 0. The molecule has 1 rings (SSSR count). The topological polar surface area (TPSA) is 57.5 Å². The van der Waals surface area contributed by atoms with Crippen LogP contribution in [0.1, 0.15) is 51.9 Å². The van der Waals surface area contributed by atoms with Crippen LogP contribution in [-0.4, -0.2) is 27.3 Å². The van der Waals surface area contributed by atoms with E-state index < -0.39 is 37.4 Å². The number of hydrogen-bond acceptors (Lipinski definition) is 1. The van der Waals surface area contributed by atoms with Crippen LogP contribution in [0.4, 0.5) is 17.6 Å². The predicted molar refractivity (Wildman–Crippen MR) is 67.2 cm³/mol. The maximum Gasteiger partial charge on any atom is 0.390 e. The van der Waals surface area contributed by atoms with Gasteiger partial charge in [0.15, 0.2) is 0 Å². The highest BCUT2D eigenvalue weighted by atomic mass is 31.2. The summed E-state index contributed by atoms with van der Waals surface area (Å²) in [5, 5.41) is -2.32. The van der Waals surface area contributed by atoms with Gasteiger partial charge in [0.25, 0.3) is 0 Å². The minimum atomic E-state index is -5.09. The molecule has 8 heteroatoms. The Kier molecular flexibility index (Phi) is 5.67. The highest BCUT2D eigenvalue weighted by Gasteiger charge is 2.59. The lowest BCUT2D eigenvalue weighted by Gasteiger charge is -2.44. The smallest absolute Gasteiger partial charge is 0.324 e. The number of alkyl halides is 4. The summed E-state index contributed by atoms with van der Waals surface area (Å²) in [6, 6.07) is 0. The summed E-state index contributed by atoms with van der Waals surface area (Å²) >= 11 is 0. The molecule has 3 unspecified atom stereocenters. The van der Waals surface area contributed by atoms with Gasteiger partial charge in [-0.1, -0.05) is 26.2 Å². The standard InChI is InChI=1S/C12H21F4O3P/c1-2-7-11(20(17,18)19,8-12(14,15)16)9-5-3-4-6-10(9)13/h9-10H,2-8H2,1H3,(H2,17,18,19). The van der Waals surface area contributed by atoms with Crippen molar-refractivity contribution in [3.05, 3.63) is 0 Å². The van der Waals surface area contributed by atoms with Crippen LogP contribution in [-0.2, 0) is 4.57 Å². The van der Waals surface area contributed by atoms with E-state index in [1.165, 1.54) is 0 Å². The van der Waals surface area contributed by atoms with E-state index in [4.69, 9.17) is 0 Å². The maximum absolute atomic E-state index is 14.1. The van der Waals surface area contributed by atoms with Gasteiger partial charge in [0, 0.05) is 5.92 Å². The first-order valence-corrected chi connectivity index (χ1v) is 8.41. The van der Waals surface area contributed by atoms with E-state index in [2.05, 4.69) is 0 Å². The van der Waals surface area contributed by atoms with Crippen LogP contribution >= 0.6 is 7.60 Å². The Morgan fingerprint density at radius 2 is 1.75 bits per heavy atom. The molecule has 120 valence electrons. The SMILES string of the molecule is CCCC(CC(F)(F)F)(C1CCCCC1F)P(=O)(O)O. The zero-order chi connectivity index (χ0) is 15.6. The molecule has 1 saturated carbocycles. The van der Waals surface area contributed by atoms with Crippen molar-refractivity contribution >= 4 is 7.60 Å². The van der Waals surface area contributed by atoms with Gasteiger partial charge in [0.2, 0.25) is 0 Å². The molecule has 1 aliphatic rings. The summed E-state index contributed by atoms with van der Waals surface area (Å²) in [6.45, 7) is 1.55. The molecular formula is C12H21F4O3P. The molecule has 0 aliphatic heterocycles. The van der Waals surface area contributed by atoms with Gasteiger partial charge in [0.05, 0.1) is 11.6 Å². The summed E-state index contributed by atoms with van der Waals surface area (Å²) in [6.07, 6.45) is -6.84. The molecule has 0 heterocycles. The Morgan fingerprint density at radius 3 is 2.15 bits per heavy atom. The van der Waals surface area contributed by atoms with Crippen LogP contribution in [0.3, 0.4) is 0 Å². The van der Waals surface area contributed by atoms with Gasteiger partial charge in [-0.05, 0) is 19.3 Å². The van der Waals surface area contributed by atoms with E-state index in [1.807, 2.05) is 0 Å². The van der Waals surface area contributed by atoms with Gasteiger partial charge < -0.3 is 9.79 Å². The highest BCUT2D eigenvalue weighted by molar-refractivity contribution is 7.53. The second-order valence-electron chi connectivity index (χ2n) is 5.60. The molecule has 0 aromatic rings. The van der Waals surface area contributed by atoms with E-state index in [-0.39, 0.29) is 25.7 Å². The predicted octanol–water partition coefficient (Wildman–Crippen LogP) is 4.18. The molecule has 1 aliphatic carbocycles. The average Bonchev–Trinajstić information content (AvgIpc) is 2.25. The second-order valence-corrected chi connectivity index (χ2v) is 7.58. The quantitative estimate of drug-likeness (QED) is 0.590. The third kappa shape index (κ3) is 3.95. The molecule has 0 radical (unpaired) electrons. The monoisotopic (exact) mass is 320 g/mol. The van der Waals surface area contributed by atoms with E-state index in [1.54, 1.807) is 6.92 Å². The maximum atomic E-state index is 14.1. The fraction of sp³-hybridized carbons (Fsp3) is 1.00. The first-order chi connectivity index (χ1) is 9.03. The van der Waals surface area contributed by atoms with Crippen LogP contribution in [0, 0.1) is 5.92 Å². The van der Waals surface area contributed by atoms with Crippen LogP contribution in [0.25, 0.3) is 0 Å². The van der Waals surface area contributed by atoms with Crippen molar-refractivity contribution in [3.63, 3.8) is 0 Å². The van der Waals surface area contributed by atoms with E-state index >= 15 is 0 Å². The molecule has 2 N–H and O–H groups in total. The third-order valence-electron chi connectivity index (χ3n) is 4.14. The zero-order valence-corrected chi connectivity index (χ0v) is 12.3. The molecule has 0 aromatic heterocycles. The van der Waals surface area contributed by atoms with Crippen molar-refractivity contribution in [2.24, 2.45) is 5.92 Å². The third-order valence-corrected chi connectivity index (χ3v) is 6.02. The molecule has 0 saturated heterocycles. The molecule has 0 bridgehead atoms. The van der Waals surface area contributed by atoms with Crippen LogP contribution in [0.5, 0.6) is 0 Å². The highest BCUT2D eigenvalue weighted by Crippen LogP contribution is 2.63. The van der Waals surface area contributed by atoms with Gasteiger partial charge in [0.1, 0.15) is 6.17 Å². The normalized spacial score (nSPS) is 28.1. The largest absolute Gasteiger partial charge is 0.390 e. The van der Waals surface area contributed by atoms with Crippen LogP contribution in [0.15, 0.2) is 0 Å². The van der Waals surface area contributed by atoms with Crippen molar-refractivity contribution in [1.29, 1.82) is 0 Å². The first kappa shape index (κ1) is 17.9. The molecule has 0 aromatic carbocycles. The van der Waals surface area contributed by atoms with Crippen molar-refractivity contribution < 1.29 is 31.9 Å². The molecule has 1 fully saturated rings. The summed E-state index contributed by atoms with van der Waals surface area (Å²) in [5.74, 6) is -1.22. The number of hydrogen-bond donors (Lipinski definition) is 2. The lowest BCUT2D eigenvalue weighted by Crippen LogP contribution is -2.47. The van der Waals surface area contributed by atoms with E-state index in [0.29, 0.717) is 12.8 Å². The zero-order valence-electron chi connectivity index (χ0n) is 11.4. The van der Waals surface area contributed by atoms with Gasteiger partial charge in [-0.3, -0.25) is 4.57 Å². The van der Waals surface area contributed by atoms with Gasteiger partial charge in [-0.25, -0.2) is 4.39 Å². The Labute approximate surface area is 115 Å². The van der Waals surface area contributed by atoms with Crippen LogP contribution in [0.2, 0.25) is 0 Å². The lowest BCUT2D eigenvalue weighted by molar-refractivity contribution is -0.150. The fourth-order valence-electron chi connectivity index (χ4n) is 3.34. The average molecular weight is 320 g/mol. The Morgan fingerprint density at radius 1 is 1.20 bits per heavy atom. The Hall–Kier alpha value is -0.130. The molecular weight excluding hydrogens is 299 g/mol. The van der Waals surface area contributed by atoms with Crippen molar-refractivity contribution in [2.45, 2.75) is 69.4 Å². The minimum absolute atomic E-state index is 0.0774. The molecule has 0 spiro atoms. The molecule has 0 amide bonds. The summed E-state index contributed by atoms with van der Waals surface area (Å²) in [7, 11) is -5.09. The van der Waals surface area contributed by atoms with E-state index in [0.717, 1.165) is 0 Å². The van der Waals surface area contributed by atoms with Gasteiger partial charge >= 0.3 is 13.8 Å². The van der Waals surface area contributed by atoms with Crippen molar-refractivity contribution in [1.82, 2.24) is 0 Å². The minimum Gasteiger partial charge on any atom is -0.324 e. The van der Waals surface area contributed by atoms with E-state index in [9.17, 15) is 31.9 Å². The van der Waals surface area contributed by atoms with Gasteiger partial charge in [-0.2, -0.15) is 13.2 Å². The Balaban J connectivity index is 3.24. The number of rotatable bonds is 5. The fourth-order valence-corrected chi connectivity index (χ4v) is 4.96. The Bertz CT molecular complexity index is 368. The second kappa shape index (κ2) is 6.32.